The maximum atomic E-state index is 12.3. The van der Waals surface area contributed by atoms with Gasteiger partial charge in [-0.1, -0.05) is 0 Å². The minimum Gasteiger partial charge on any atom is -0.282 e. The molecule has 1 aliphatic carbocycles. The van der Waals surface area contributed by atoms with Gasteiger partial charge in [0.05, 0.1) is 11.5 Å². The second-order valence-corrected chi connectivity index (χ2v) is 5.33. The zero-order valence-electron chi connectivity index (χ0n) is 9.49. The highest BCUT2D eigenvalue weighted by Crippen LogP contribution is 2.34. The first-order valence-electron chi connectivity index (χ1n) is 5.61. The molecule has 0 bridgehead atoms. The number of fused-ring (bicyclic) bond motifs is 3. The van der Waals surface area contributed by atoms with Gasteiger partial charge >= 0.3 is 0 Å². The summed E-state index contributed by atoms with van der Waals surface area (Å²) in [7, 11) is 0. The summed E-state index contributed by atoms with van der Waals surface area (Å²) in [6.07, 6.45) is 3.16. The fraction of sp³-hybridized carbons (Fsp3) is 0.417. The number of rotatable bonds is 1. The fourth-order valence-electron chi connectivity index (χ4n) is 2.44. The number of nitrogens with zero attached hydrogens (tertiary/aromatic N) is 3. The van der Waals surface area contributed by atoms with Crippen LogP contribution < -0.4 is 5.56 Å². The summed E-state index contributed by atoms with van der Waals surface area (Å²) >= 11 is 1.63. The standard InChI is InChI=1S/C12H11N3OS/c1-7-14-11-10(12(16)15(7)6-5-13)8-3-2-4-9(8)17-11/h2-4,6H2,1H3. The van der Waals surface area contributed by atoms with Crippen LogP contribution in [0, 0.1) is 18.3 Å². The third-order valence-corrected chi connectivity index (χ3v) is 4.43. The molecule has 0 aromatic carbocycles. The van der Waals surface area contributed by atoms with E-state index in [2.05, 4.69) is 4.98 Å². The number of nitriles is 1. The van der Waals surface area contributed by atoms with Gasteiger partial charge < -0.3 is 0 Å². The quantitative estimate of drug-likeness (QED) is 0.769. The summed E-state index contributed by atoms with van der Waals surface area (Å²) in [4.78, 5) is 18.9. The Labute approximate surface area is 102 Å². The predicted molar refractivity (Wildman–Crippen MR) is 66.3 cm³/mol. The molecule has 0 saturated heterocycles. The van der Waals surface area contributed by atoms with Gasteiger partial charge in [-0.3, -0.25) is 9.36 Å². The molecule has 3 rings (SSSR count). The van der Waals surface area contributed by atoms with Crippen molar-refractivity contribution >= 4 is 21.6 Å². The lowest BCUT2D eigenvalue weighted by Crippen LogP contribution is -2.23. The van der Waals surface area contributed by atoms with Crippen molar-refractivity contribution in [1.82, 2.24) is 9.55 Å². The van der Waals surface area contributed by atoms with E-state index in [1.807, 2.05) is 6.07 Å². The Morgan fingerprint density at radius 2 is 2.35 bits per heavy atom. The molecule has 2 aromatic heterocycles. The second-order valence-electron chi connectivity index (χ2n) is 4.25. The Balaban J connectivity index is 2.40. The first kappa shape index (κ1) is 10.5. The number of aromatic nitrogens is 2. The lowest BCUT2D eigenvalue weighted by Gasteiger charge is -2.04. The minimum atomic E-state index is -0.0477. The van der Waals surface area contributed by atoms with Crippen molar-refractivity contribution in [2.45, 2.75) is 32.7 Å². The van der Waals surface area contributed by atoms with Gasteiger partial charge in [-0.15, -0.1) is 11.3 Å². The first-order chi connectivity index (χ1) is 8.22. The van der Waals surface area contributed by atoms with Gasteiger partial charge in [0, 0.05) is 4.88 Å². The summed E-state index contributed by atoms with van der Waals surface area (Å²) < 4.78 is 1.47. The van der Waals surface area contributed by atoms with Gasteiger partial charge in [-0.2, -0.15) is 5.26 Å². The highest BCUT2D eigenvalue weighted by Gasteiger charge is 2.22. The topological polar surface area (TPSA) is 58.7 Å². The fourth-order valence-corrected chi connectivity index (χ4v) is 3.73. The normalized spacial score (nSPS) is 13.9. The van der Waals surface area contributed by atoms with Gasteiger partial charge in [0.15, 0.2) is 0 Å². The van der Waals surface area contributed by atoms with Crippen molar-refractivity contribution in [3.8, 4) is 6.07 Å². The van der Waals surface area contributed by atoms with Crippen LogP contribution in [0.5, 0.6) is 0 Å². The SMILES string of the molecule is Cc1nc2sc3c(c2c(=O)n1CC#N)CCC3. The third kappa shape index (κ3) is 1.41. The van der Waals surface area contributed by atoms with E-state index in [4.69, 9.17) is 5.26 Å². The van der Waals surface area contributed by atoms with Crippen molar-refractivity contribution in [3.63, 3.8) is 0 Å². The van der Waals surface area contributed by atoms with Crippen molar-refractivity contribution in [2.24, 2.45) is 0 Å². The maximum Gasteiger partial charge on any atom is 0.263 e. The average molecular weight is 245 g/mol. The number of thiophene rings is 1. The molecule has 17 heavy (non-hydrogen) atoms. The molecule has 0 aliphatic heterocycles. The van der Waals surface area contributed by atoms with Crippen molar-refractivity contribution in [2.75, 3.05) is 0 Å². The van der Waals surface area contributed by atoms with Crippen LogP contribution in [-0.4, -0.2) is 9.55 Å². The molecule has 5 heteroatoms. The lowest BCUT2D eigenvalue weighted by atomic mass is 10.2. The zero-order chi connectivity index (χ0) is 12.0. The average Bonchev–Trinajstić information content (AvgIpc) is 2.83. The van der Waals surface area contributed by atoms with Crippen LogP contribution in [0.3, 0.4) is 0 Å². The molecule has 0 N–H and O–H groups in total. The van der Waals surface area contributed by atoms with E-state index in [-0.39, 0.29) is 12.1 Å². The highest BCUT2D eigenvalue weighted by atomic mass is 32.1. The largest absolute Gasteiger partial charge is 0.282 e. The summed E-state index contributed by atoms with van der Waals surface area (Å²) in [5, 5.41) is 9.50. The third-order valence-electron chi connectivity index (χ3n) is 3.24. The van der Waals surface area contributed by atoms with Crippen LogP contribution in [0.15, 0.2) is 4.79 Å². The van der Waals surface area contributed by atoms with E-state index >= 15 is 0 Å². The summed E-state index contributed by atoms with van der Waals surface area (Å²) in [6.45, 7) is 1.86. The molecular weight excluding hydrogens is 234 g/mol. The Kier molecular flexibility index (Phi) is 2.26. The second kappa shape index (κ2) is 3.67. The van der Waals surface area contributed by atoms with E-state index in [9.17, 15) is 4.79 Å². The van der Waals surface area contributed by atoms with Gasteiger partial charge in [0.1, 0.15) is 17.2 Å². The van der Waals surface area contributed by atoms with Crippen molar-refractivity contribution in [3.05, 3.63) is 26.6 Å². The van der Waals surface area contributed by atoms with E-state index in [0.717, 1.165) is 29.5 Å². The maximum absolute atomic E-state index is 12.3. The van der Waals surface area contributed by atoms with Crippen molar-refractivity contribution in [1.29, 1.82) is 5.26 Å². The molecule has 4 nitrogen and oxygen atoms in total. The Hall–Kier alpha value is -1.67. The molecule has 2 heterocycles. The molecule has 0 unspecified atom stereocenters. The molecule has 0 saturated carbocycles. The smallest absolute Gasteiger partial charge is 0.263 e. The Bertz CT molecular complexity index is 705. The van der Waals surface area contributed by atoms with E-state index in [1.54, 1.807) is 18.3 Å². The van der Waals surface area contributed by atoms with Crippen LogP contribution in [0.4, 0.5) is 0 Å². The first-order valence-corrected chi connectivity index (χ1v) is 6.42. The van der Waals surface area contributed by atoms with E-state index in [0.29, 0.717) is 5.82 Å². The number of aryl methyl sites for hydroxylation is 3. The van der Waals surface area contributed by atoms with Gasteiger partial charge in [0.2, 0.25) is 0 Å². The predicted octanol–water partition coefficient (Wildman–Crippen LogP) is 1.78. The molecule has 0 fully saturated rings. The van der Waals surface area contributed by atoms with Crippen LogP contribution in [0.2, 0.25) is 0 Å². The molecule has 0 amide bonds. The molecular formula is C12H11N3OS. The van der Waals surface area contributed by atoms with Crippen LogP contribution in [0.25, 0.3) is 10.2 Å². The van der Waals surface area contributed by atoms with E-state index in [1.165, 1.54) is 15.0 Å². The van der Waals surface area contributed by atoms with Crippen LogP contribution >= 0.6 is 11.3 Å². The van der Waals surface area contributed by atoms with Gasteiger partial charge in [-0.25, -0.2) is 4.98 Å². The molecule has 0 radical (unpaired) electrons. The highest BCUT2D eigenvalue weighted by molar-refractivity contribution is 7.18. The Morgan fingerprint density at radius 1 is 1.53 bits per heavy atom. The number of hydrogen-bond donors (Lipinski definition) is 0. The van der Waals surface area contributed by atoms with Crippen LogP contribution in [-0.2, 0) is 19.4 Å². The Morgan fingerprint density at radius 3 is 3.12 bits per heavy atom. The molecule has 0 spiro atoms. The van der Waals surface area contributed by atoms with Crippen molar-refractivity contribution < 1.29 is 0 Å². The van der Waals surface area contributed by atoms with Gasteiger partial charge in [0.25, 0.3) is 5.56 Å². The molecule has 2 aromatic rings. The lowest BCUT2D eigenvalue weighted by molar-refractivity contribution is 0.736. The molecule has 0 atom stereocenters. The molecule has 1 aliphatic rings. The van der Waals surface area contributed by atoms with Gasteiger partial charge in [-0.05, 0) is 31.7 Å². The van der Waals surface area contributed by atoms with E-state index < -0.39 is 0 Å². The molecule has 86 valence electrons. The summed E-state index contributed by atoms with van der Waals surface area (Å²) in [5.41, 5.74) is 1.13. The number of hydrogen-bond acceptors (Lipinski definition) is 4. The summed E-state index contributed by atoms with van der Waals surface area (Å²) in [6, 6.07) is 2.02. The monoisotopic (exact) mass is 245 g/mol. The van der Waals surface area contributed by atoms with Crippen LogP contribution in [0.1, 0.15) is 22.7 Å². The minimum absolute atomic E-state index is 0.0477. The summed E-state index contributed by atoms with van der Waals surface area (Å²) in [5.74, 6) is 0.629. The zero-order valence-corrected chi connectivity index (χ0v) is 10.3.